The van der Waals surface area contributed by atoms with Crippen LogP contribution in [0.3, 0.4) is 0 Å². The van der Waals surface area contributed by atoms with Crippen LogP contribution >= 0.6 is 0 Å². The Morgan fingerprint density at radius 2 is 1.92 bits per heavy atom. The van der Waals surface area contributed by atoms with Crippen LogP contribution in [0.4, 0.5) is 10.1 Å². The quantitative estimate of drug-likeness (QED) is 0.314. The van der Waals surface area contributed by atoms with Crippen molar-refractivity contribution in [2.75, 3.05) is 25.6 Å². The molecule has 0 spiro atoms. The van der Waals surface area contributed by atoms with Gasteiger partial charge in [-0.2, -0.15) is 5.26 Å². The Kier molecular flexibility index (Phi) is 9.04. The Labute approximate surface area is 226 Å². The SMILES string of the molecule is COCCOc1ccc(-c2[nH]c(=O)n([C@H](C(=O)Nc3ccc(C#N)cc3F)[C@@H](C)C3CCCCC3)c2O)cc1. The number of aromatic hydroxyl groups is 1. The van der Waals surface area contributed by atoms with Crippen molar-refractivity contribution in [2.45, 2.75) is 45.1 Å². The first-order valence-electron chi connectivity index (χ1n) is 13.1. The molecule has 1 heterocycles. The smallest absolute Gasteiger partial charge is 0.329 e. The summed E-state index contributed by atoms with van der Waals surface area (Å²) in [6.45, 7) is 2.71. The minimum Gasteiger partial charge on any atom is -0.493 e. The van der Waals surface area contributed by atoms with E-state index in [9.17, 15) is 19.1 Å². The van der Waals surface area contributed by atoms with Crippen LogP contribution in [0.2, 0.25) is 0 Å². The summed E-state index contributed by atoms with van der Waals surface area (Å²) in [7, 11) is 1.58. The van der Waals surface area contributed by atoms with Gasteiger partial charge in [0.05, 0.1) is 23.9 Å². The lowest BCUT2D eigenvalue weighted by Gasteiger charge is -2.33. The van der Waals surface area contributed by atoms with Gasteiger partial charge in [-0.15, -0.1) is 0 Å². The minimum absolute atomic E-state index is 0.104. The van der Waals surface area contributed by atoms with E-state index in [0.717, 1.165) is 42.7 Å². The van der Waals surface area contributed by atoms with Crippen molar-refractivity contribution in [2.24, 2.45) is 11.8 Å². The molecule has 3 N–H and O–H groups in total. The van der Waals surface area contributed by atoms with Crippen LogP contribution in [-0.4, -0.2) is 40.9 Å². The topological polar surface area (TPSA) is 129 Å². The molecular formula is C29H33FN4O5. The van der Waals surface area contributed by atoms with Gasteiger partial charge in [-0.25, -0.2) is 13.8 Å². The molecule has 1 amide bonds. The summed E-state index contributed by atoms with van der Waals surface area (Å²) in [5, 5.41) is 22.9. The first-order chi connectivity index (χ1) is 18.8. The lowest BCUT2D eigenvalue weighted by molar-refractivity contribution is -0.121. The highest BCUT2D eigenvalue weighted by atomic mass is 19.1. The molecule has 1 aliphatic carbocycles. The molecule has 206 valence electrons. The van der Waals surface area contributed by atoms with Gasteiger partial charge in [0.15, 0.2) is 0 Å². The molecular weight excluding hydrogens is 503 g/mol. The number of methoxy groups -OCH3 is 1. The second-order valence-electron chi connectivity index (χ2n) is 9.86. The van der Waals surface area contributed by atoms with E-state index in [-0.39, 0.29) is 34.7 Å². The third-order valence-electron chi connectivity index (χ3n) is 7.40. The molecule has 39 heavy (non-hydrogen) atoms. The Balaban J connectivity index is 1.68. The van der Waals surface area contributed by atoms with Gasteiger partial charge in [0.25, 0.3) is 0 Å². The van der Waals surface area contributed by atoms with Gasteiger partial charge >= 0.3 is 5.69 Å². The number of halogens is 1. The number of hydrogen-bond donors (Lipinski definition) is 3. The fraction of sp³-hybridized carbons (Fsp3) is 0.414. The maximum atomic E-state index is 14.6. The molecule has 10 heteroatoms. The molecule has 0 bridgehead atoms. The van der Waals surface area contributed by atoms with E-state index in [1.165, 1.54) is 12.1 Å². The van der Waals surface area contributed by atoms with Crippen LogP contribution in [0.1, 0.15) is 50.6 Å². The maximum absolute atomic E-state index is 14.6. The Hall–Kier alpha value is -4.10. The molecule has 9 nitrogen and oxygen atoms in total. The summed E-state index contributed by atoms with van der Waals surface area (Å²) in [5.41, 5.74) is 0.0711. The third-order valence-corrected chi connectivity index (χ3v) is 7.40. The first kappa shape index (κ1) is 27.9. The number of aromatic amines is 1. The van der Waals surface area contributed by atoms with E-state index in [0.29, 0.717) is 24.5 Å². The average molecular weight is 537 g/mol. The lowest BCUT2D eigenvalue weighted by Crippen LogP contribution is -2.39. The zero-order valence-corrected chi connectivity index (χ0v) is 22.1. The monoisotopic (exact) mass is 536 g/mol. The molecule has 4 rings (SSSR count). The number of anilines is 1. The average Bonchev–Trinajstić information content (AvgIpc) is 3.24. The third kappa shape index (κ3) is 6.32. The van der Waals surface area contributed by atoms with Crippen molar-refractivity contribution < 1.29 is 23.8 Å². The van der Waals surface area contributed by atoms with Crippen LogP contribution in [0.25, 0.3) is 11.3 Å². The number of ether oxygens (including phenoxy) is 2. The molecule has 0 aliphatic heterocycles. The summed E-state index contributed by atoms with van der Waals surface area (Å²) in [6, 6.07) is 11.3. The number of H-pyrrole nitrogens is 1. The number of nitrogens with one attached hydrogen (secondary N) is 2. The number of imidazole rings is 1. The molecule has 1 saturated carbocycles. The van der Waals surface area contributed by atoms with Gasteiger partial charge in [0.1, 0.15) is 29.9 Å². The highest BCUT2D eigenvalue weighted by Gasteiger charge is 2.37. The Morgan fingerprint density at radius 1 is 1.21 bits per heavy atom. The standard InChI is InChI=1S/C29H33FN4O5/c1-18(20-6-4-3-5-7-20)26(27(35)32-24-13-8-19(17-31)16-23(24)30)34-28(36)25(33-29(34)37)21-9-11-22(12-10-21)39-15-14-38-2/h8-13,16,18,20,26,36H,3-7,14-15H2,1-2H3,(H,32,35)(H,33,37)/t18-,26-/m0/s1. The largest absolute Gasteiger partial charge is 0.493 e. The van der Waals surface area contributed by atoms with Crippen LogP contribution in [-0.2, 0) is 9.53 Å². The van der Waals surface area contributed by atoms with Crippen molar-refractivity contribution in [1.82, 2.24) is 9.55 Å². The predicted octanol–water partition coefficient (Wildman–Crippen LogP) is 4.98. The summed E-state index contributed by atoms with van der Waals surface area (Å²) < 4.78 is 26.3. The van der Waals surface area contributed by atoms with Crippen LogP contribution < -0.4 is 15.7 Å². The van der Waals surface area contributed by atoms with Crippen LogP contribution in [0.15, 0.2) is 47.3 Å². The molecule has 1 aliphatic rings. The van der Waals surface area contributed by atoms with Gasteiger partial charge < -0.3 is 24.9 Å². The van der Waals surface area contributed by atoms with Gasteiger partial charge in [-0.05, 0) is 54.3 Å². The number of rotatable bonds is 10. The highest BCUT2D eigenvalue weighted by molar-refractivity contribution is 5.94. The van der Waals surface area contributed by atoms with Gasteiger partial charge in [-0.3, -0.25) is 4.79 Å². The molecule has 0 saturated heterocycles. The highest BCUT2D eigenvalue weighted by Crippen LogP contribution is 2.39. The van der Waals surface area contributed by atoms with Gasteiger partial charge in [0.2, 0.25) is 11.8 Å². The summed E-state index contributed by atoms with van der Waals surface area (Å²) in [6.07, 6.45) is 4.94. The number of carbonyl (C=O) groups excluding carboxylic acids is 1. The van der Waals surface area contributed by atoms with Crippen molar-refractivity contribution in [3.05, 3.63) is 64.3 Å². The van der Waals surface area contributed by atoms with Crippen molar-refractivity contribution in [1.29, 1.82) is 5.26 Å². The molecule has 2 aromatic carbocycles. The number of aromatic nitrogens is 2. The minimum atomic E-state index is -1.10. The number of benzene rings is 2. The zero-order valence-electron chi connectivity index (χ0n) is 22.1. The Bertz CT molecular complexity index is 1390. The molecule has 3 aromatic rings. The predicted molar refractivity (Wildman–Crippen MR) is 144 cm³/mol. The van der Waals surface area contributed by atoms with Crippen LogP contribution in [0, 0.1) is 29.0 Å². The fourth-order valence-corrected chi connectivity index (χ4v) is 5.26. The summed E-state index contributed by atoms with van der Waals surface area (Å²) in [5.74, 6) is -1.34. The maximum Gasteiger partial charge on any atom is 0.329 e. The number of hydrogen-bond acceptors (Lipinski definition) is 6. The van der Waals surface area contributed by atoms with Crippen molar-refractivity contribution in [3.8, 4) is 29.0 Å². The lowest BCUT2D eigenvalue weighted by atomic mass is 9.77. The van der Waals surface area contributed by atoms with E-state index in [1.807, 2.05) is 13.0 Å². The molecule has 1 fully saturated rings. The molecule has 1 aromatic heterocycles. The van der Waals surface area contributed by atoms with E-state index >= 15 is 0 Å². The number of nitriles is 1. The van der Waals surface area contributed by atoms with Gasteiger partial charge in [-0.1, -0.05) is 39.0 Å². The first-order valence-corrected chi connectivity index (χ1v) is 13.1. The number of carbonyl (C=O) groups is 1. The molecule has 0 unspecified atom stereocenters. The second-order valence-corrected chi connectivity index (χ2v) is 9.86. The number of nitrogens with zero attached hydrogens (tertiary/aromatic N) is 2. The summed E-state index contributed by atoms with van der Waals surface area (Å²) in [4.78, 5) is 29.6. The van der Waals surface area contributed by atoms with Crippen molar-refractivity contribution in [3.63, 3.8) is 0 Å². The fourth-order valence-electron chi connectivity index (χ4n) is 5.26. The van der Waals surface area contributed by atoms with E-state index in [1.54, 1.807) is 31.4 Å². The van der Waals surface area contributed by atoms with E-state index in [4.69, 9.17) is 14.7 Å². The number of amides is 1. The van der Waals surface area contributed by atoms with Crippen molar-refractivity contribution >= 4 is 11.6 Å². The molecule has 2 atom stereocenters. The second kappa shape index (κ2) is 12.6. The van der Waals surface area contributed by atoms with E-state index < -0.39 is 23.5 Å². The summed E-state index contributed by atoms with van der Waals surface area (Å²) >= 11 is 0. The zero-order chi connectivity index (χ0) is 27.9. The van der Waals surface area contributed by atoms with Gasteiger partial charge in [0, 0.05) is 12.7 Å². The molecule has 0 radical (unpaired) electrons. The Morgan fingerprint density at radius 3 is 2.56 bits per heavy atom. The van der Waals surface area contributed by atoms with E-state index in [2.05, 4.69) is 10.3 Å². The van der Waals surface area contributed by atoms with Crippen LogP contribution in [0.5, 0.6) is 11.6 Å². The normalized spacial score (nSPS) is 15.3.